The van der Waals surface area contributed by atoms with Crippen molar-refractivity contribution >= 4 is 23.1 Å². The fourth-order valence-corrected chi connectivity index (χ4v) is 2.32. The standard InChI is InChI=1S/C11H16ClN3O/c1-7-5-15(6-8(2)16-7)11-10(12)3-9(13)4-14-11/h3-4,7-8H,5-6,13H2,1-2H3/t7-,8-/m0/s1. The van der Waals surface area contributed by atoms with E-state index in [1.807, 2.05) is 13.8 Å². The van der Waals surface area contributed by atoms with Crippen molar-refractivity contribution in [3.63, 3.8) is 0 Å². The van der Waals surface area contributed by atoms with E-state index < -0.39 is 0 Å². The molecular formula is C11H16ClN3O. The molecule has 1 aliphatic rings. The summed E-state index contributed by atoms with van der Waals surface area (Å²) in [5, 5.41) is 0.598. The number of rotatable bonds is 1. The average molecular weight is 242 g/mol. The second kappa shape index (κ2) is 4.47. The van der Waals surface area contributed by atoms with Gasteiger partial charge in [-0.1, -0.05) is 11.6 Å². The third-order valence-corrected chi connectivity index (χ3v) is 2.84. The largest absolute Gasteiger partial charge is 0.397 e. The molecule has 16 heavy (non-hydrogen) atoms. The van der Waals surface area contributed by atoms with Gasteiger partial charge < -0.3 is 15.4 Å². The number of hydrogen-bond donors (Lipinski definition) is 1. The third-order valence-electron chi connectivity index (χ3n) is 2.56. The maximum Gasteiger partial charge on any atom is 0.147 e. The molecule has 0 radical (unpaired) electrons. The molecule has 0 amide bonds. The predicted molar refractivity (Wildman–Crippen MR) is 65.9 cm³/mol. The zero-order chi connectivity index (χ0) is 11.7. The smallest absolute Gasteiger partial charge is 0.147 e. The number of pyridine rings is 1. The zero-order valence-electron chi connectivity index (χ0n) is 9.48. The summed E-state index contributed by atoms with van der Waals surface area (Å²) in [7, 11) is 0. The molecule has 2 atom stereocenters. The lowest BCUT2D eigenvalue weighted by molar-refractivity contribution is -0.00544. The summed E-state index contributed by atoms with van der Waals surface area (Å²) in [6.07, 6.45) is 2.02. The van der Waals surface area contributed by atoms with Crippen LogP contribution in [0.3, 0.4) is 0 Å². The van der Waals surface area contributed by atoms with Gasteiger partial charge in [-0.2, -0.15) is 0 Å². The quantitative estimate of drug-likeness (QED) is 0.816. The molecule has 2 heterocycles. The Labute approximate surface area is 100 Å². The molecule has 0 spiro atoms. The molecule has 2 rings (SSSR count). The first kappa shape index (κ1) is 11.5. The average Bonchev–Trinajstić information content (AvgIpc) is 2.15. The lowest BCUT2D eigenvalue weighted by atomic mass is 10.2. The molecule has 0 bridgehead atoms. The van der Waals surface area contributed by atoms with Crippen LogP contribution in [0.5, 0.6) is 0 Å². The van der Waals surface area contributed by atoms with Crippen molar-refractivity contribution < 1.29 is 4.74 Å². The number of ether oxygens (including phenoxy) is 1. The third kappa shape index (κ3) is 2.39. The van der Waals surface area contributed by atoms with Crippen LogP contribution in [0.1, 0.15) is 13.8 Å². The summed E-state index contributed by atoms with van der Waals surface area (Å²) in [5.41, 5.74) is 6.21. The number of anilines is 2. The van der Waals surface area contributed by atoms with Crippen LogP contribution >= 0.6 is 11.6 Å². The molecule has 4 nitrogen and oxygen atoms in total. The first-order valence-corrected chi connectivity index (χ1v) is 5.75. The molecule has 88 valence electrons. The van der Waals surface area contributed by atoms with Gasteiger partial charge in [0.2, 0.25) is 0 Å². The first-order valence-electron chi connectivity index (χ1n) is 5.37. The highest BCUT2D eigenvalue weighted by Crippen LogP contribution is 2.27. The van der Waals surface area contributed by atoms with Gasteiger partial charge in [0, 0.05) is 13.1 Å². The van der Waals surface area contributed by atoms with Gasteiger partial charge in [0.15, 0.2) is 0 Å². The predicted octanol–water partition coefficient (Wildman–Crippen LogP) is 1.93. The van der Waals surface area contributed by atoms with Crippen molar-refractivity contribution in [3.05, 3.63) is 17.3 Å². The van der Waals surface area contributed by atoms with Crippen LogP contribution in [0, 0.1) is 0 Å². The van der Waals surface area contributed by atoms with Gasteiger partial charge in [0.05, 0.1) is 29.1 Å². The highest BCUT2D eigenvalue weighted by atomic mass is 35.5. The number of aromatic nitrogens is 1. The molecule has 2 N–H and O–H groups in total. The Balaban J connectivity index is 2.23. The fourth-order valence-electron chi connectivity index (χ4n) is 2.03. The van der Waals surface area contributed by atoms with Crippen LogP contribution in [-0.4, -0.2) is 30.3 Å². The maximum atomic E-state index is 6.13. The van der Waals surface area contributed by atoms with E-state index in [9.17, 15) is 0 Å². The number of nitrogens with two attached hydrogens (primary N) is 1. The lowest BCUT2D eigenvalue weighted by Crippen LogP contribution is -2.46. The minimum Gasteiger partial charge on any atom is -0.397 e. The minimum absolute atomic E-state index is 0.194. The zero-order valence-corrected chi connectivity index (χ0v) is 10.2. The van der Waals surface area contributed by atoms with Crippen molar-refractivity contribution in [3.8, 4) is 0 Å². The molecule has 5 heteroatoms. The van der Waals surface area contributed by atoms with Gasteiger partial charge in [-0.15, -0.1) is 0 Å². The summed E-state index contributed by atoms with van der Waals surface area (Å²) in [6, 6.07) is 1.73. The molecule has 0 saturated carbocycles. The van der Waals surface area contributed by atoms with E-state index in [4.69, 9.17) is 22.1 Å². The number of halogens is 1. The molecule has 0 aromatic carbocycles. The van der Waals surface area contributed by atoms with Crippen molar-refractivity contribution in [1.29, 1.82) is 0 Å². The van der Waals surface area contributed by atoms with Gasteiger partial charge in [0.1, 0.15) is 5.82 Å². The summed E-state index contributed by atoms with van der Waals surface area (Å²) in [4.78, 5) is 6.42. The number of hydrogen-bond acceptors (Lipinski definition) is 4. The molecule has 1 saturated heterocycles. The van der Waals surface area contributed by atoms with E-state index in [1.165, 1.54) is 0 Å². The van der Waals surface area contributed by atoms with E-state index in [1.54, 1.807) is 12.3 Å². The Morgan fingerprint density at radius 3 is 2.62 bits per heavy atom. The molecule has 0 aliphatic carbocycles. The molecular weight excluding hydrogens is 226 g/mol. The van der Waals surface area contributed by atoms with Crippen molar-refractivity contribution in [1.82, 2.24) is 4.98 Å². The number of nitrogens with zero attached hydrogens (tertiary/aromatic N) is 2. The van der Waals surface area contributed by atoms with E-state index in [2.05, 4.69) is 9.88 Å². The number of nitrogen functional groups attached to an aromatic ring is 1. The molecule has 0 unspecified atom stereocenters. The Hall–Kier alpha value is -1.00. The van der Waals surface area contributed by atoms with Crippen LogP contribution in [-0.2, 0) is 4.74 Å². The topological polar surface area (TPSA) is 51.4 Å². The van der Waals surface area contributed by atoms with E-state index >= 15 is 0 Å². The molecule has 1 fully saturated rings. The monoisotopic (exact) mass is 241 g/mol. The summed E-state index contributed by atoms with van der Waals surface area (Å²) in [6.45, 7) is 5.71. The van der Waals surface area contributed by atoms with Crippen LogP contribution in [0.4, 0.5) is 11.5 Å². The van der Waals surface area contributed by atoms with Gasteiger partial charge in [-0.25, -0.2) is 4.98 Å². The lowest BCUT2D eigenvalue weighted by Gasteiger charge is -2.36. The molecule has 1 aromatic rings. The molecule has 1 aliphatic heterocycles. The van der Waals surface area contributed by atoms with Crippen LogP contribution < -0.4 is 10.6 Å². The Morgan fingerprint density at radius 1 is 1.44 bits per heavy atom. The van der Waals surface area contributed by atoms with E-state index in [-0.39, 0.29) is 12.2 Å². The second-order valence-corrected chi connectivity index (χ2v) is 4.64. The van der Waals surface area contributed by atoms with Crippen LogP contribution in [0.25, 0.3) is 0 Å². The Bertz CT molecular complexity index is 375. The van der Waals surface area contributed by atoms with Crippen LogP contribution in [0.15, 0.2) is 12.3 Å². The summed E-state index contributed by atoms with van der Waals surface area (Å²) in [5.74, 6) is 0.790. The summed E-state index contributed by atoms with van der Waals surface area (Å²) < 4.78 is 5.66. The van der Waals surface area contributed by atoms with Crippen molar-refractivity contribution in [2.24, 2.45) is 0 Å². The Kier molecular flexibility index (Phi) is 3.21. The number of morpholine rings is 1. The fraction of sp³-hybridized carbons (Fsp3) is 0.545. The van der Waals surface area contributed by atoms with E-state index in [0.29, 0.717) is 10.7 Å². The second-order valence-electron chi connectivity index (χ2n) is 4.24. The minimum atomic E-state index is 0.194. The van der Waals surface area contributed by atoms with Gasteiger partial charge >= 0.3 is 0 Å². The first-order chi connectivity index (χ1) is 7.56. The molecule has 1 aromatic heterocycles. The van der Waals surface area contributed by atoms with Crippen molar-refractivity contribution in [2.45, 2.75) is 26.1 Å². The van der Waals surface area contributed by atoms with Gasteiger partial charge in [-0.05, 0) is 19.9 Å². The van der Waals surface area contributed by atoms with Gasteiger partial charge in [-0.3, -0.25) is 0 Å². The highest BCUT2D eigenvalue weighted by Gasteiger charge is 2.24. The van der Waals surface area contributed by atoms with E-state index in [0.717, 1.165) is 18.9 Å². The highest BCUT2D eigenvalue weighted by molar-refractivity contribution is 6.33. The SMILES string of the molecule is C[C@H]1CN(c2ncc(N)cc2Cl)C[C@H](C)O1. The van der Waals surface area contributed by atoms with Crippen molar-refractivity contribution in [2.75, 3.05) is 23.7 Å². The Morgan fingerprint density at radius 2 is 2.06 bits per heavy atom. The van der Waals surface area contributed by atoms with Gasteiger partial charge in [0.25, 0.3) is 0 Å². The maximum absolute atomic E-state index is 6.13. The van der Waals surface area contributed by atoms with Crippen LogP contribution in [0.2, 0.25) is 5.02 Å². The summed E-state index contributed by atoms with van der Waals surface area (Å²) >= 11 is 6.13. The normalized spacial score (nSPS) is 25.8.